The predicted octanol–water partition coefficient (Wildman–Crippen LogP) is 3.25. The Morgan fingerprint density at radius 3 is 2.52 bits per heavy atom. The largest absolute Gasteiger partial charge is 0.497 e. The number of methoxy groups -OCH3 is 2. The van der Waals surface area contributed by atoms with Crippen molar-refractivity contribution in [3.05, 3.63) is 42.0 Å². The molecule has 1 heterocycles. The number of ether oxygens (including phenoxy) is 2. The number of thiazole rings is 1. The molecule has 0 atom stereocenters. The van der Waals surface area contributed by atoms with E-state index < -0.39 is 15.9 Å². The Hall–Kier alpha value is -2.69. The summed E-state index contributed by atoms with van der Waals surface area (Å²) in [5.74, 6) is 0.378. The number of amides is 1. The minimum absolute atomic E-state index is 0.101. The van der Waals surface area contributed by atoms with Gasteiger partial charge in [-0.05, 0) is 50.2 Å². The SMILES string of the molecule is COc1ccc2nc(NC(=O)c3ccc(OC)c(S(=O)(=O)NC(C)C)c3)sc2c1. The highest BCUT2D eigenvalue weighted by molar-refractivity contribution is 7.89. The van der Waals surface area contributed by atoms with Crippen molar-refractivity contribution in [1.29, 1.82) is 0 Å². The Balaban J connectivity index is 1.90. The van der Waals surface area contributed by atoms with Gasteiger partial charge in [0.2, 0.25) is 10.0 Å². The van der Waals surface area contributed by atoms with Gasteiger partial charge in [-0.1, -0.05) is 11.3 Å². The highest BCUT2D eigenvalue weighted by atomic mass is 32.2. The molecule has 0 unspecified atom stereocenters. The Kier molecular flexibility index (Phi) is 6.06. The second kappa shape index (κ2) is 8.36. The van der Waals surface area contributed by atoms with Crippen molar-refractivity contribution in [2.75, 3.05) is 19.5 Å². The Labute approximate surface area is 172 Å². The number of fused-ring (bicyclic) bond motifs is 1. The van der Waals surface area contributed by atoms with Crippen molar-refractivity contribution in [3.63, 3.8) is 0 Å². The second-order valence-electron chi connectivity index (χ2n) is 6.45. The first-order valence-corrected chi connectivity index (χ1v) is 11.0. The zero-order valence-electron chi connectivity index (χ0n) is 16.3. The molecule has 3 rings (SSSR count). The highest BCUT2D eigenvalue weighted by Crippen LogP contribution is 2.30. The molecule has 0 radical (unpaired) electrons. The van der Waals surface area contributed by atoms with Crippen molar-refractivity contribution >= 4 is 42.6 Å². The van der Waals surface area contributed by atoms with Crippen molar-refractivity contribution in [2.24, 2.45) is 0 Å². The molecule has 0 aliphatic heterocycles. The van der Waals surface area contributed by atoms with Gasteiger partial charge in [0.1, 0.15) is 16.4 Å². The Bertz CT molecular complexity index is 1160. The molecule has 2 N–H and O–H groups in total. The van der Waals surface area contributed by atoms with Crippen LogP contribution in [0.5, 0.6) is 11.5 Å². The highest BCUT2D eigenvalue weighted by Gasteiger charge is 2.23. The first-order chi connectivity index (χ1) is 13.7. The molecule has 0 aliphatic carbocycles. The quantitative estimate of drug-likeness (QED) is 0.590. The Morgan fingerprint density at radius 2 is 1.86 bits per heavy atom. The lowest BCUT2D eigenvalue weighted by molar-refractivity contribution is 0.102. The van der Waals surface area contributed by atoms with Crippen LogP contribution >= 0.6 is 11.3 Å². The van der Waals surface area contributed by atoms with E-state index in [1.165, 1.54) is 36.6 Å². The zero-order chi connectivity index (χ0) is 21.2. The molecule has 1 amide bonds. The number of nitrogens with zero attached hydrogens (tertiary/aromatic N) is 1. The van der Waals surface area contributed by atoms with Crippen LogP contribution in [0.1, 0.15) is 24.2 Å². The maximum atomic E-state index is 12.7. The number of carbonyl (C=O) groups is 1. The van der Waals surface area contributed by atoms with E-state index in [-0.39, 0.29) is 22.3 Å². The maximum Gasteiger partial charge on any atom is 0.257 e. The smallest absolute Gasteiger partial charge is 0.257 e. The van der Waals surface area contributed by atoms with Gasteiger partial charge in [-0.3, -0.25) is 10.1 Å². The van der Waals surface area contributed by atoms with Gasteiger partial charge < -0.3 is 9.47 Å². The average Bonchev–Trinajstić information content (AvgIpc) is 3.07. The lowest BCUT2D eigenvalue weighted by atomic mass is 10.2. The first kappa shape index (κ1) is 21.0. The van der Waals surface area contributed by atoms with Crippen LogP contribution in [0, 0.1) is 0 Å². The number of hydrogen-bond donors (Lipinski definition) is 2. The molecule has 0 bridgehead atoms. The molecule has 0 saturated carbocycles. The number of aromatic nitrogens is 1. The van der Waals surface area contributed by atoms with Crippen LogP contribution in [0.3, 0.4) is 0 Å². The first-order valence-electron chi connectivity index (χ1n) is 8.70. The third kappa shape index (κ3) is 4.66. The monoisotopic (exact) mass is 435 g/mol. The molecule has 0 spiro atoms. The summed E-state index contributed by atoms with van der Waals surface area (Å²) in [5.41, 5.74) is 0.900. The average molecular weight is 436 g/mol. The third-order valence-corrected chi connectivity index (χ3v) is 6.54. The third-order valence-electron chi connectivity index (χ3n) is 3.92. The second-order valence-corrected chi connectivity index (χ2v) is 9.16. The van der Waals surface area contributed by atoms with Crippen molar-refractivity contribution < 1.29 is 22.7 Å². The number of sulfonamides is 1. The Morgan fingerprint density at radius 1 is 1.10 bits per heavy atom. The molecule has 8 nitrogen and oxygen atoms in total. The molecule has 1 aromatic heterocycles. The van der Waals surface area contributed by atoms with Gasteiger partial charge >= 0.3 is 0 Å². The predicted molar refractivity (Wildman–Crippen MR) is 113 cm³/mol. The van der Waals surface area contributed by atoms with Gasteiger partial charge in [-0.25, -0.2) is 18.1 Å². The van der Waals surface area contributed by atoms with Crippen molar-refractivity contribution in [3.8, 4) is 11.5 Å². The normalized spacial score (nSPS) is 11.6. The fourth-order valence-electron chi connectivity index (χ4n) is 2.66. The van der Waals surface area contributed by atoms with Gasteiger partial charge in [-0.15, -0.1) is 0 Å². The van der Waals surface area contributed by atoms with E-state index >= 15 is 0 Å². The van der Waals surface area contributed by atoms with E-state index in [4.69, 9.17) is 9.47 Å². The molecule has 2 aromatic carbocycles. The van der Waals surface area contributed by atoms with E-state index in [2.05, 4.69) is 15.0 Å². The van der Waals surface area contributed by atoms with E-state index in [9.17, 15) is 13.2 Å². The lowest BCUT2D eigenvalue weighted by Crippen LogP contribution is -2.30. The van der Waals surface area contributed by atoms with Crippen molar-refractivity contribution in [2.45, 2.75) is 24.8 Å². The summed E-state index contributed by atoms with van der Waals surface area (Å²) in [5, 5.41) is 3.12. The summed E-state index contributed by atoms with van der Waals surface area (Å²) in [7, 11) is -0.890. The van der Waals surface area contributed by atoms with E-state index in [0.717, 1.165) is 10.2 Å². The molecular formula is C19H21N3O5S2. The van der Waals surface area contributed by atoms with Crippen LogP contribution in [-0.2, 0) is 10.0 Å². The summed E-state index contributed by atoms with van der Waals surface area (Å²) in [4.78, 5) is 17.0. The van der Waals surface area contributed by atoms with Crippen LogP contribution in [0.2, 0.25) is 0 Å². The fraction of sp³-hybridized carbons (Fsp3) is 0.263. The number of anilines is 1. The number of rotatable bonds is 7. The van der Waals surface area contributed by atoms with Gasteiger partial charge in [0.15, 0.2) is 5.13 Å². The standard InChI is InChI=1S/C19H21N3O5S2/c1-11(2)22-29(24,25)17-9-12(5-8-15(17)27-4)18(23)21-19-20-14-7-6-13(26-3)10-16(14)28-19/h5-11,22H,1-4H3,(H,20,21,23). The molecule has 3 aromatic rings. The summed E-state index contributed by atoms with van der Waals surface area (Å²) < 4.78 is 38.9. The lowest BCUT2D eigenvalue weighted by Gasteiger charge is -2.14. The summed E-state index contributed by atoms with van der Waals surface area (Å²) in [6.07, 6.45) is 0. The van der Waals surface area contributed by atoms with Gasteiger partial charge in [-0.2, -0.15) is 0 Å². The summed E-state index contributed by atoms with van der Waals surface area (Å²) >= 11 is 1.30. The number of nitrogens with one attached hydrogen (secondary N) is 2. The topological polar surface area (TPSA) is 107 Å². The fourth-order valence-corrected chi connectivity index (χ4v) is 4.99. The van der Waals surface area contributed by atoms with Crippen molar-refractivity contribution in [1.82, 2.24) is 9.71 Å². The molecular weight excluding hydrogens is 414 g/mol. The number of hydrogen-bond acceptors (Lipinski definition) is 7. The molecule has 0 aliphatic rings. The molecule has 29 heavy (non-hydrogen) atoms. The number of carbonyl (C=O) groups excluding carboxylic acids is 1. The van der Waals surface area contributed by atoms with Crippen LogP contribution < -0.4 is 19.5 Å². The van der Waals surface area contributed by atoms with E-state index in [1.54, 1.807) is 33.1 Å². The summed E-state index contributed by atoms with van der Waals surface area (Å²) in [6, 6.07) is 9.35. The van der Waals surface area contributed by atoms with Gasteiger partial charge in [0, 0.05) is 11.6 Å². The minimum atomic E-state index is -3.84. The van der Waals surface area contributed by atoms with Crippen LogP contribution in [0.4, 0.5) is 5.13 Å². The molecule has 154 valence electrons. The van der Waals surface area contributed by atoms with E-state index in [1.807, 2.05) is 6.07 Å². The van der Waals surface area contributed by atoms with Gasteiger partial charge in [0.05, 0.1) is 24.4 Å². The van der Waals surface area contributed by atoms with Crippen LogP contribution in [0.15, 0.2) is 41.3 Å². The molecule has 0 fully saturated rings. The summed E-state index contributed by atoms with van der Waals surface area (Å²) in [6.45, 7) is 3.42. The maximum absolute atomic E-state index is 12.7. The van der Waals surface area contributed by atoms with Crippen LogP contribution in [0.25, 0.3) is 10.2 Å². The number of benzene rings is 2. The molecule has 0 saturated heterocycles. The van der Waals surface area contributed by atoms with Gasteiger partial charge in [0.25, 0.3) is 5.91 Å². The van der Waals surface area contributed by atoms with E-state index in [0.29, 0.717) is 10.9 Å². The zero-order valence-corrected chi connectivity index (χ0v) is 18.0. The van der Waals surface area contributed by atoms with Crippen LogP contribution in [-0.4, -0.2) is 39.6 Å². The minimum Gasteiger partial charge on any atom is -0.497 e. The molecule has 10 heteroatoms.